The van der Waals surface area contributed by atoms with Gasteiger partial charge in [-0.05, 0) is 42.0 Å². The smallest absolute Gasteiger partial charge is 0.164 e. The van der Waals surface area contributed by atoms with Gasteiger partial charge in [-0.25, -0.2) is 9.67 Å². The van der Waals surface area contributed by atoms with Crippen molar-refractivity contribution in [3.8, 4) is 51.1 Å². The molecule has 0 bridgehead atoms. The molecule has 6 aromatic rings. The predicted octanol–water partition coefficient (Wildman–Crippen LogP) is 7.96. The minimum atomic E-state index is 0.456. The van der Waals surface area contributed by atoms with Crippen LogP contribution in [0.1, 0.15) is 5.56 Å². The van der Waals surface area contributed by atoms with E-state index in [0.29, 0.717) is 27.7 Å². The van der Waals surface area contributed by atoms with Crippen molar-refractivity contribution in [3.63, 3.8) is 0 Å². The third-order valence-electron chi connectivity index (χ3n) is 6.45. The summed E-state index contributed by atoms with van der Waals surface area (Å²) in [7, 11) is 1.63. The van der Waals surface area contributed by atoms with E-state index in [1.54, 1.807) is 19.2 Å². The fourth-order valence-electron chi connectivity index (χ4n) is 4.69. The highest BCUT2D eigenvalue weighted by Crippen LogP contribution is 2.42. The summed E-state index contributed by atoms with van der Waals surface area (Å²) >= 11 is 6.19. The summed E-state index contributed by atoms with van der Waals surface area (Å²) in [6.45, 7) is 0. The molecule has 182 valence electrons. The van der Waals surface area contributed by atoms with Gasteiger partial charge >= 0.3 is 0 Å². The second-order valence-corrected chi connectivity index (χ2v) is 9.16. The highest BCUT2D eigenvalue weighted by molar-refractivity contribution is 6.30. The molecular weight excluding hydrogens is 492 g/mol. The van der Waals surface area contributed by atoms with Crippen LogP contribution in [0.25, 0.3) is 50.4 Å². The second-order valence-electron chi connectivity index (χ2n) is 8.72. The molecule has 0 radical (unpaired) electrons. The quantitative estimate of drug-likeness (QED) is 0.235. The molecule has 0 fully saturated rings. The van der Waals surface area contributed by atoms with Crippen LogP contribution >= 0.6 is 11.6 Å². The van der Waals surface area contributed by atoms with Crippen LogP contribution in [0.5, 0.6) is 5.75 Å². The van der Waals surface area contributed by atoms with Gasteiger partial charge in [0.15, 0.2) is 5.65 Å². The molecule has 0 amide bonds. The summed E-state index contributed by atoms with van der Waals surface area (Å²) in [5.74, 6) is 0.695. The Labute approximate surface area is 225 Å². The highest BCUT2D eigenvalue weighted by Gasteiger charge is 2.25. The molecule has 4 aromatic carbocycles. The molecule has 0 saturated carbocycles. The molecule has 0 aliphatic rings. The molecule has 0 aliphatic heterocycles. The summed E-state index contributed by atoms with van der Waals surface area (Å²) in [6, 6.07) is 37.4. The fourth-order valence-corrected chi connectivity index (χ4v) is 4.81. The average Bonchev–Trinajstić information content (AvgIpc) is 3.37. The molecule has 0 aliphatic carbocycles. The van der Waals surface area contributed by atoms with Crippen LogP contribution in [0.15, 0.2) is 109 Å². The molecule has 0 saturated heterocycles. The first-order chi connectivity index (χ1) is 18.7. The predicted molar refractivity (Wildman–Crippen MR) is 151 cm³/mol. The van der Waals surface area contributed by atoms with Crippen LogP contribution in [-0.4, -0.2) is 21.9 Å². The van der Waals surface area contributed by atoms with E-state index in [9.17, 15) is 5.26 Å². The van der Waals surface area contributed by atoms with E-state index in [4.69, 9.17) is 26.4 Å². The maximum absolute atomic E-state index is 10.6. The lowest BCUT2D eigenvalue weighted by molar-refractivity contribution is 0.415. The Morgan fingerprint density at radius 3 is 2.11 bits per heavy atom. The van der Waals surface area contributed by atoms with Gasteiger partial charge in [0.05, 0.1) is 29.4 Å². The molecule has 6 rings (SSSR count). The van der Waals surface area contributed by atoms with Crippen molar-refractivity contribution in [1.29, 1.82) is 5.26 Å². The first-order valence-corrected chi connectivity index (χ1v) is 12.4. The number of rotatable bonds is 5. The second kappa shape index (κ2) is 9.85. The number of fused-ring (bicyclic) bond motifs is 1. The van der Waals surface area contributed by atoms with Crippen LogP contribution in [0.4, 0.5) is 0 Å². The monoisotopic (exact) mass is 512 g/mol. The van der Waals surface area contributed by atoms with E-state index < -0.39 is 0 Å². The Kier molecular flexibility index (Phi) is 6.09. The zero-order valence-electron chi connectivity index (χ0n) is 20.5. The molecule has 38 heavy (non-hydrogen) atoms. The van der Waals surface area contributed by atoms with Gasteiger partial charge in [0, 0.05) is 21.7 Å². The van der Waals surface area contributed by atoms with Gasteiger partial charge in [0.25, 0.3) is 0 Å². The Balaban J connectivity index is 1.81. The molecule has 0 atom stereocenters. The van der Waals surface area contributed by atoms with Crippen molar-refractivity contribution >= 4 is 22.6 Å². The number of nitriles is 1. The van der Waals surface area contributed by atoms with Crippen LogP contribution in [0, 0.1) is 11.3 Å². The molecule has 2 heterocycles. The first-order valence-electron chi connectivity index (χ1n) is 12.1. The summed E-state index contributed by atoms with van der Waals surface area (Å²) in [5.41, 5.74) is 6.60. The standard InChI is InChI=1S/C32H21ClN4O/c1-38-26-14-8-11-23(19-26)28-27(20-34)30(22-15-17-24(33)18-16-22)35-32-29(28)31(21-9-4-2-5-10-21)36-37(32)25-12-6-3-7-13-25/h2-19H,1H3. The van der Waals surface area contributed by atoms with Crippen molar-refractivity contribution in [1.82, 2.24) is 14.8 Å². The molecule has 2 aromatic heterocycles. The van der Waals surface area contributed by atoms with Crippen molar-refractivity contribution in [2.75, 3.05) is 7.11 Å². The maximum Gasteiger partial charge on any atom is 0.164 e. The highest BCUT2D eigenvalue weighted by atomic mass is 35.5. The van der Waals surface area contributed by atoms with Crippen LogP contribution in [0.3, 0.4) is 0 Å². The van der Waals surface area contributed by atoms with E-state index in [1.807, 2.05) is 102 Å². The topological polar surface area (TPSA) is 63.7 Å². The van der Waals surface area contributed by atoms with Crippen LogP contribution in [-0.2, 0) is 0 Å². The van der Waals surface area contributed by atoms with E-state index in [0.717, 1.165) is 39.0 Å². The largest absolute Gasteiger partial charge is 0.497 e. The zero-order chi connectivity index (χ0) is 26.1. The Morgan fingerprint density at radius 1 is 0.763 bits per heavy atom. The molecule has 6 heteroatoms. The van der Waals surface area contributed by atoms with Gasteiger partial charge in [0.1, 0.15) is 17.5 Å². The zero-order valence-corrected chi connectivity index (χ0v) is 21.2. The van der Waals surface area contributed by atoms with E-state index >= 15 is 0 Å². The lowest BCUT2D eigenvalue weighted by Crippen LogP contribution is -2.01. The number of halogens is 1. The SMILES string of the molecule is COc1cccc(-c2c(C#N)c(-c3ccc(Cl)cc3)nc3c2c(-c2ccccc2)nn3-c2ccccc2)c1. The molecule has 0 unspecified atom stereocenters. The van der Waals surface area contributed by atoms with Crippen molar-refractivity contribution < 1.29 is 4.74 Å². The van der Waals surface area contributed by atoms with Gasteiger partial charge in [-0.2, -0.15) is 10.4 Å². The number of benzene rings is 4. The van der Waals surface area contributed by atoms with Gasteiger partial charge in [-0.3, -0.25) is 0 Å². The number of nitrogens with zero attached hydrogens (tertiary/aromatic N) is 4. The number of methoxy groups -OCH3 is 1. The normalized spacial score (nSPS) is 10.9. The minimum Gasteiger partial charge on any atom is -0.497 e. The van der Waals surface area contributed by atoms with Crippen molar-refractivity contribution in [3.05, 3.63) is 120 Å². The molecular formula is C32H21ClN4O. The number of pyridine rings is 1. The van der Waals surface area contributed by atoms with Gasteiger partial charge < -0.3 is 4.74 Å². The summed E-state index contributed by atoms with van der Waals surface area (Å²) in [6.07, 6.45) is 0. The Hall–Kier alpha value is -4.92. The van der Waals surface area contributed by atoms with Crippen molar-refractivity contribution in [2.45, 2.75) is 0 Å². The van der Waals surface area contributed by atoms with Crippen LogP contribution in [0.2, 0.25) is 5.02 Å². The van der Waals surface area contributed by atoms with E-state index in [1.165, 1.54) is 0 Å². The summed E-state index contributed by atoms with van der Waals surface area (Å²) < 4.78 is 7.39. The number of hydrogen-bond acceptors (Lipinski definition) is 4. The number of hydrogen-bond donors (Lipinski definition) is 0. The van der Waals surface area contributed by atoms with Crippen LogP contribution < -0.4 is 4.74 Å². The first kappa shape index (κ1) is 23.5. The Morgan fingerprint density at radius 2 is 1.42 bits per heavy atom. The van der Waals surface area contributed by atoms with Crippen molar-refractivity contribution in [2.24, 2.45) is 0 Å². The van der Waals surface area contributed by atoms with E-state index in [2.05, 4.69) is 6.07 Å². The summed E-state index contributed by atoms with van der Waals surface area (Å²) in [4.78, 5) is 5.10. The van der Waals surface area contributed by atoms with Gasteiger partial charge in [-0.1, -0.05) is 84.4 Å². The van der Waals surface area contributed by atoms with Gasteiger partial charge in [-0.15, -0.1) is 0 Å². The third kappa shape index (κ3) is 4.07. The molecule has 0 N–H and O–H groups in total. The fraction of sp³-hybridized carbons (Fsp3) is 0.0312. The number of aromatic nitrogens is 3. The number of para-hydroxylation sites is 1. The van der Waals surface area contributed by atoms with E-state index in [-0.39, 0.29) is 0 Å². The maximum atomic E-state index is 10.6. The lowest BCUT2D eigenvalue weighted by atomic mass is 9.92. The van der Waals surface area contributed by atoms with Gasteiger partial charge in [0.2, 0.25) is 0 Å². The average molecular weight is 513 g/mol. The Bertz CT molecular complexity index is 1810. The summed E-state index contributed by atoms with van der Waals surface area (Å²) in [5, 5.41) is 17.1. The minimum absolute atomic E-state index is 0.456. The molecule has 5 nitrogen and oxygen atoms in total. The lowest BCUT2D eigenvalue weighted by Gasteiger charge is -2.14. The third-order valence-corrected chi connectivity index (χ3v) is 6.70. The number of ether oxygens (including phenoxy) is 1. The molecule has 0 spiro atoms.